The minimum absolute atomic E-state index is 0.0925. The maximum absolute atomic E-state index is 12.2. The summed E-state index contributed by atoms with van der Waals surface area (Å²) in [7, 11) is 1.96. The topological polar surface area (TPSA) is 32.3 Å². The average molecular weight is 358 g/mol. The van der Waals surface area contributed by atoms with Gasteiger partial charge in [-0.3, -0.25) is 4.79 Å². The number of nitrogens with one attached hydrogen (secondary N) is 1. The normalized spacial score (nSPS) is 18.2. The van der Waals surface area contributed by atoms with Crippen LogP contribution in [0.3, 0.4) is 0 Å². The number of benzene rings is 1. The third-order valence-corrected chi connectivity index (χ3v) is 5.08. The second kappa shape index (κ2) is 4.81. The SMILES string of the molecule is CN1c2ccc(Cl)cc2C(=O)NC1c1cc(Br)cs1. The maximum Gasteiger partial charge on any atom is 0.255 e. The molecule has 0 fully saturated rings. The third kappa shape index (κ3) is 2.26. The van der Waals surface area contributed by atoms with Gasteiger partial charge in [0.2, 0.25) is 0 Å². The van der Waals surface area contributed by atoms with Crippen LogP contribution in [0.25, 0.3) is 0 Å². The summed E-state index contributed by atoms with van der Waals surface area (Å²) in [4.78, 5) is 15.3. The number of anilines is 1. The van der Waals surface area contributed by atoms with E-state index in [2.05, 4.69) is 21.2 Å². The highest BCUT2D eigenvalue weighted by Gasteiger charge is 2.30. The Kier molecular flexibility index (Phi) is 3.28. The van der Waals surface area contributed by atoms with Gasteiger partial charge in [-0.05, 0) is 40.2 Å². The molecule has 3 rings (SSSR count). The first-order chi connectivity index (χ1) is 9.06. The number of hydrogen-bond donors (Lipinski definition) is 1. The Morgan fingerprint density at radius 2 is 2.21 bits per heavy atom. The monoisotopic (exact) mass is 356 g/mol. The Morgan fingerprint density at radius 3 is 2.89 bits per heavy atom. The van der Waals surface area contributed by atoms with Crippen molar-refractivity contribution in [1.82, 2.24) is 5.32 Å². The van der Waals surface area contributed by atoms with Crippen LogP contribution in [0.5, 0.6) is 0 Å². The first kappa shape index (κ1) is 13.0. The van der Waals surface area contributed by atoms with E-state index >= 15 is 0 Å². The van der Waals surface area contributed by atoms with Crippen LogP contribution in [-0.4, -0.2) is 13.0 Å². The molecule has 1 aliphatic heterocycles. The van der Waals surface area contributed by atoms with E-state index in [-0.39, 0.29) is 12.1 Å². The first-order valence-electron chi connectivity index (χ1n) is 5.63. The van der Waals surface area contributed by atoms with Gasteiger partial charge in [-0.1, -0.05) is 11.6 Å². The molecule has 2 heterocycles. The molecule has 1 atom stereocenters. The van der Waals surface area contributed by atoms with Gasteiger partial charge < -0.3 is 10.2 Å². The average Bonchev–Trinajstić information content (AvgIpc) is 2.80. The van der Waals surface area contributed by atoms with Gasteiger partial charge in [0, 0.05) is 26.8 Å². The van der Waals surface area contributed by atoms with Gasteiger partial charge in [-0.15, -0.1) is 11.3 Å². The number of fused-ring (bicyclic) bond motifs is 1. The molecular formula is C13H10BrClN2OS. The molecule has 19 heavy (non-hydrogen) atoms. The summed E-state index contributed by atoms with van der Waals surface area (Å²) >= 11 is 11.0. The lowest BCUT2D eigenvalue weighted by Crippen LogP contribution is -2.44. The summed E-state index contributed by atoms with van der Waals surface area (Å²) in [5.41, 5.74) is 1.50. The molecule has 1 N–H and O–H groups in total. The fourth-order valence-electron chi connectivity index (χ4n) is 2.17. The van der Waals surface area contributed by atoms with Crippen LogP contribution in [0, 0.1) is 0 Å². The molecular weight excluding hydrogens is 348 g/mol. The van der Waals surface area contributed by atoms with Crippen molar-refractivity contribution in [2.45, 2.75) is 6.17 Å². The van der Waals surface area contributed by atoms with E-state index in [1.165, 1.54) is 0 Å². The Labute approximate surface area is 128 Å². The smallest absolute Gasteiger partial charge is 0.255 e. The zero-order valence-corrected chi connectivity index (χ0v) is 13.1. The van der Waals surface area contributed by atoms with E-state index in [1.54, 1.807) is 23.5 Å². The highest BCUT2D eigenvalue weighted by atomic mass is 79.9. The van der Waals surface area contributed by atoms with Crippen molar-refractivity contribution in [2.24, 2.45) is 0 Å². The Morgan fingerprint density at radius 1 is 1.42 bits per heavy atom. The predicted molar refractivity (Wildman–Crippen MR) is 82.1 cm³/mol. The van der Waals surface area contributed by atoms with Gasteiger partial charge in [-0.25, -0.2) is 0 Å². The van der Waals surface area contributed by atoms with Gasteiger partial charge in [0.25, 0.3) is 5.91 Å². The lowest BCUT2D eigenvalue weighted by Gasteiger charge is -2.35. The van der Waals surface area contributed by atoms with Crippen molar-refractivity contribution < 1.29 is 4.79 Å². The Hall–Kier alpha value is -1.04. The van der Waals surface area contributed by atoms with Crippen LogP contribution < -0.4 is 10.2 Å². The van der Waals surface area contributed by atoms with Crippen molar-refractivity contribution >= 4 is 50.5 Å². The fourth-order valence-corrected chi connectivity index (χ4v) is 3.88. The molecule has 98 valence electrons. The van der Waals surface area contributed by atoms with E-state index in [9.17, 15) is 4.79 Å². The molecule has 0 bridgehead atoms. The van der Waals surface area contributed by atoms with E-state index in [1.807, 2.05) is 29.5 Å². The number of nitrogens with zero attached hydrogens (tertiary/aromatic N) is 1. The van der Waals surface area contributed by atoms with Crippen molar-refractivity contribution in [1.29, 1.82) is 0 Å². The summed E-state index contributed by atoms with van der Waals surface area (Å²) in [5.74, 6) is -0.0925. The van der Waals surface area contributed by atoms with E-state index in [4.69, 9.17) is 11.6 Å². The van der Waals surface area contributed by atoms with Crippen molar-refractivity contribution in [3.05, 3.63) is 49.6 Å². The summed E-state index contributed by atoms with van der Waals surface area (Å²) in [5, 5.41) is 5.57. The zero-order valence-electron chi connectivity index (χ0n) is 9.98. The fraction of sp³-hybridized carbons (Fsp3) is 0.154. The first-order valence-corrected chi connectivity index (χ1v) is 7.68. The van der Waals surface area contributed by atoms with E-state index in [0.717, 1.165) is 15.0 Å². The molecule has 1 unspecified atom stereocenters. The minimum atomic E-state index is -0.141. The predicted octanol–water partition coefficient (Wildman–Crippen LogP) is 4.04. The highest BCUT2D eigenvalue weighted by molar-refractivity contribution is 9.10. The van der Waals surface area contributed by atoms with Gasteiger partial charge in [0.05, 0.1) is 11.3 Å². The molecule has 0 saturated carbocycles. The van der Waals surface area contributed by atoms with Crippen LogP contribution in [0.1, 0.15) is 21.4 Å². The molecule has 1 aliphatic rings. The number of carbonyl (C=O) groups is 1. The Balaban J connectivity index is 2.05. The van der Waals surface area contributed by atoms with Crippen molar-refractivity contribution in [3.8, 4) is 0 Å². The molecule has 0 spiro atoms. The summed E-state index contributed by atoms with van der Waals surface area (Å²) in [6.07, 6.45) is -0.141. The number of carbonyl (C=O) groups excluding carboxylic acids is 1. The van der Waals surface area contributed by atoms with Crippen LogP contribution >= 0.6 is 38.9 Å². The highest BCUT2D eigenvalue weighted by Crippen LogP contribution is 2.36. The lowest BCUT2D eigenvalue weighted by molar-refractivity contribution is 0.0929. The zero-order chi connectivity index (χ0) is 13.6. The quantitative estimate of drug-likeness (QED) is 0.835. The largest absolute Gasteiger partial charge is 0.349 e. The maximum atomic E-state index is 12.2. The molecule has 1 amide bonds. The molecule has 0 saturated heterocycles. The third-order valence-electron chi connectivity index (χ3n) is 3.10. The second-order valence-corrected chi connectivity index (χ2v) is 6.61. The molecule has 3 nitrogen and oxygen atoms in total. The summed E-state index contributed by atoms with van der Waals surface area (Å²) in [6, 6.07) is 7.40. The van der Waals surface area contributed by atoms with E-state index in [0.29, 0.717) is 10.6 Å². The molecule has 1 aromatic heterocycles. The van der Waals surface area contributed by atoms with Crippen LogP contribution in [0.15, 0.2) is 34.1 Å². The second-order valence-electron chi connectivity index (χ2n) is 4.32. The van der Waals surface area contributed by atoms with Crippen LogP contribution in [0.4, 0.5) is 5.69 Å². The summed E-state index contributed by atoms with van der Waals surface area (Å²) < 4.78 is 1.03. The minimum Gasteiger partial charge on any atom is -0.349 e. The number of amides is 1. The van der Waals surface area contributed by atoms with Gasteiger partial charge >= 0.3 is 0 Å². The Bertz CT molecular complexity index is 658. The summed E-state index contributed by atoms with van der Waals surface area (Å²) in [6.45, 7) is 0. The van der Waals surface area contributed by atoms with Gasteiger partial charge in [0.1, 0.15) is 6.17 Å². The number of halogens is 2. The van der Waals surface area contributed by atoms with Gasteiger partial charge in [0.15, 0.2) is 0 Å². The molecule has 6 heteroatoms. The van der Waals surface area contributed by atoms with Crippen molar-refractivity contribution in [3.63, 3.8) is 0 Å². The molecule has 2 aromatic rings. The number of rotatable bonds is 1. The van der Waals surface area contributed by atoms with Gasteiger partial charge in [-0.2, -0.15) is 0 Å². The lowest BCUT2D eigenvalue weighted by atomic mass is 10.1. The molecule has 0 aliphatic carbocycles. The van der Waals surface area contributed by atoms with Crippen molar-refractivity contribution in [2.75, 3.05) is 11.9 Å². The molecule has 1 aromatic carbocycles. The number of thiophene rings is 1. The number of hydrogen-bond acceptors (Lipinski definition) is 3. The van der Waals surface area contributed by atoms with Crippen LogP contribution in [0.2, 0.25) is 5.02 Å². The molecule has 0 radical (unpaired) electrons. The van der Waals surface area contributed by atoms with E-state index < -0.39 is 0 Å². The standard InChI is InChI=1S/C13H10BrClN2OS/c1-17-10-3-2-8(15)5-9(10)13(18)16-12(17)11-4-7(14)6-19-11/h2-6,12H,1H3,(H,16,18). The van der Waals surface area contributed by atoms with Crippen LogP contribution in [-0.2, 0) is 0 Å².